The van der Waals surface area contributed by atoms with Crippen molar-refractivity contribution in [2.45, 2.75) is 39.5 Å². The largest absolute Gasteiger partial charge is 0.316 e. The number of nitrogens with one attached hydrogen (secondary N) is 1. The minimum atomic E-state index is 0.367. The van der Waals surface area contributed by atoms with Gasteiger partial charge in [-0.3, -0.25) is 0 Å². The molecule has 2 heteroatoms. The molecule has 13 heavy (non-hydrogen) atoms. The van der Waals surface area contributed by atoms with E-state index in [0.717, 1.165) is 24.8 Å². The Labute approximate surface area is 87.2 Å². The number of hydrogen-bond acceptors (Lipinski definition) is 1. The predicted molar refractivity (Wildman–Crippen MR) is 59.3 cm³/mol. The molecule has 0 radical (unpaired) electrons. The molecule has 0 unspecified atom stereocenters. The van der Waals surface area contributed by atoms with Crippen LogP contribution in [-0.2, 0) is 0 Å². The minimum absolute atomic E-state index is 0.367. The van der Waals surface area contributed by atoms with E-state index < -0.39 is 0 Å². The lowest BCUT2D eigenvalue weighted by Crippen LogP contribution is -2.34. The van der Waals surface area contributed by atoms with Gasteiger partial charge >= 0.3 is 0 Å². The third-order valence-corrected chi connectivity index (χ3v) is 3.22. The second-order valence-electron chi connectivity index (χ2n) is 5.03. The average molecular weight is 204 g/mol. The van der Waals surface area contributed by atoms with Gasteiger partial charge in [0.05, 0.1) is 0 Å². The highest BCUT2D eigenvalue weighted by Crippen LogP contribution is 2.26. The molecule has 0 bridgehead atoms. The van der Waals surface area contributed by atoms with Gasteiger partial charge in [0.25, 0.3) is 0 Å². The Hall–Kier alpha value is 0.250. The first-order valence-corrected chi connectivity index (χ1v) is 5.94. The Bertz CT molecular complexity index is 141. The van der Waals surface area contributed by atoms with Crippen LogP contribution in [0.1, 0.15) is 39.5 Å². The summed E-state index contributed by atoms with van der Waals surface area (Å²) in [5.41, 5.74) is 0.367. The highest BCUT2D eigenvalue weighted by atomic mass is 35.5. The van der Waals surface area contributed by atoms with Gasteiger partial charge in [0.1, 0.15) is 0 Å². The first-order chi connectivity index (χ1) is 6.14. The van der Waals surface area contributed by atoms with E-state index in [2.05, 4.69) is 19.2 Å². The maximum absolute atomic E-state index is 5.74. The fourth-order valence-corrected chi connectivity index (χ4v) is 2.17. The van der Waals surface area contributed by atoms with Gasteiger partial charge in [0.2, 0.25) is 0 Å². The summed E-state index contributed by atoms with van der Waals surface area (Å²) in [6.45, 7) is 6.88. The lowest BCUT2D eigenvalue weighted by Gasteiger charge is -2.29. The van der Waals surface area contributed by atoms with Crippen LogP contribution in [0.2, 0.25) is 0 Å². The van der Waals surface area contributed by atoms with Gasteiger partial charge in [-0.25, -0.2) is 0 Å². The van der Waals surface area contributed by atoms with E-state index in [4.69, 9.17) is 11.6 Å². The SMILES string of the molecule is CC(C)(CCCl)CNCC1CCC1. The zero-order chi connectivity index (χ0) is 9.73. The number of hydrogen-bond donors (Lipinski definition) is 1. The highest BCUT2D eigenvalue weighted by molar-refractivity contribution is 6.17. The molecule has 78 valence electrons. The van der Waals surface area contributed by atoms with Gasteiger partial charge in [-0.2, -0.15) is 0 Å². The summed E-state index contributed by atoms with van der Waals surface area (Å²) in [7, 11) is 0. The predicted octanol–water partition coefficient (Wildman–Crippen LogP) is 3.03. The molecule has 0 spiro atoms. The van der Waals surface area contributed by atoms with Crippen molar-refractivity contribution in [3.63, 3.8) is 0 Å². The molecular formula is C11H22ClN. The van der Waals surface area contributed by atoms with E-state index in [1.54, 1.807) is 0 Å². The first-order valence-electron chi connectivity index (χ1n) is 5.41. The van der Waals surface area contributed by atoms with Gasteiger partial charge in [-0.05, 0) is 37.1 Å². The fraction of sp³-hybridized carbons (Fsp3) is 1.00. The van der Waals surface area contributed by atoms with E-state index in [0.29, 0.717) is 5.41 Å². The van der Waals surface area contributed by atoms with Crippen LogP contribution < -0.4 is 5.32 Å². The van der Waals surface area contributed by atoms with Crippen molar-refractivity contribution in [1.82, 2.24) is 5.32 Å². The molecule has 1 fully saturated rings. The lowest BCUT2D eigenvalue weighted by molar-refractivity contribution is 0.268. The molecule has 0 aromatic carbocycles. The van der Waals surface area contributed by atoms with Crippen molar-refractivity contribution in [3.8, 4) is 0 Å². The molecule has 0 heterocycles. The topological polar surface area (TPSA) is 12.0 Å². The van der Waals surface area contributed by atoms with Crippen LogP contribution in [0.15, 0.2) is 0 Å². The maximum atomic E-state index is 5.74. The molecule has 1 N–H and O–H groups in total. The number of rotatable bonds is 6. The maximum Gasteiger partial charge on any atom is 0.0229 e. The summed E-state index contributed by atoms with van der Waals surface area (Å²) in [5, 5.41) is 3.55. The van der Waals surface area contributed by atoms with Crippen LogP contribution in [0.4, 0.5) is 0 Å². The smallest absolute Gasteiger partial charge is 0.0229 e. The Kier molecular flexibility index (Phi) is 4.54. The molecule has 1 aliphatic carbocycles. The minimum Gasteiger partial charge on any atom is -0.316 e. The normalized spacial score (nSPS) is 18.7. The monoisotopic (exact) mass is 203 g/mol. The van der Waals surface area contributed by atoms with Crippen molar-refractivity contribution in [2.75, 3.05) is 19.0 Å². The van der Waals surface area contributed by atoms with Crippen LogP contribution in [0, 0.1) is 11.3 Å². The van der Waals surface area contributed by atoms with Crippen molar-refractivity contribution in [3.05, 3.63) is 0 Å². The van der Waals surface area contributed by atoms with Crippen LogP contribution >= 0.6 is 11.6 Å². The van der Waals surface area contributed by atoms with Crippen LogP contribution in [0.3, 0.4) is 0 Å². The van der Waals surface area contributed by atoms with E-state index in [-0.39, 0.29) is 0 Å². The molecule has 1 saturated carbocycles. The summed E-state index contributed by atoms with van der Waals surface area (Å²) in [6, 6.07) is 0. The van der Waals surface area contributed by atoms with Gasteiger partial charge in [0.15, 0.2) is 0 Å². The van der Waals surface area contributed by atoms with Crippen molar-refractivity contribution < 1.29 is 0 Å². The van der Waals surface area contributed by atoms with Gasteiger partial charge in [-0.1, -0.05) is 20.3 Å². The van der Waals surface area contributed by atoms with Gasteiger partial charge < -0.3 is 5.32 Å². The van der Waals surface area contributed by atoms with E-state index in [1.807, 2.05) is 0 Å². The quantitative estimate of drug-likeness (QED) is 0.655. The van der Waals surface area contributed by atoms with E-state index in [1.165, 1.54) is 25.8 Å². The van der Waals surface area contributed by atoms with Crippen molar-refractivity contribution >= 4 is 11.6 Å². The summed E-state index contributed by atoms with van der Waals surface area (Å²) in [5.74, 6) is 1.74. The Morgan fingerprint density at radius 2 is 2.08 bits per heavy atom. The lowest BCUT2D eigenvalue weighted by atomic mass is 9.84. The second-order valence-corrected chi connectivity index (χ2v) is 5.41. The van der Waals surface area contributed by atoms with Crippen molar-refractivity contribution in [1.29, 1.82) is 0 Å². The molecule has 1 rings (SSSR count). The molecule has 1 nitrogen and oxygen atoms in total. The zero-order valence-corrected chi connectivity index (χ0v) is 9.66. The molecule has 0 saturated heterocycles. The summed E-state index contributed by atoms with van der Waals surface area (Å²) < 4.78 is 0. The van der Waals surface area contributed by atoms with Gasteiger partial charge in [0, 0.05) is 12.4 Å². The standard InChI is InChI=1S/C11H22ClN/c1-11(2,6-7-12)9-13-8-10-4-3-5-10/h10,13H,3-9H2,1-2H3. The molecule has 0 atom stereocenters. The molecular weight excluding hydrogens is 182 g/mol. The van der Waals surface area contributed by atoms with Crippen LogP contribution in [0.25, 0.3) is 0 Å². The van der Waals surface area contributed by atoms with E-state index >= 15 is 0 Å². The Balaban J connectivity index is 2.02. The summed E-state index contributed by atoms with van der Waals surface area (Å²) >= 11 is 5.74. The van der Waals surface area contributed by atoms with Gasteiger partial charge in [-0.15, -0.1) is 11.6 Å². The first kappa shape index (κ1) is 11.3. The van der Waals surface area contributed by atoms with Crippen molar-refractivity contribution in [2.24, 2.45) is 11.3 Å². The Morgan fingerprint density at radius 1 is 1.38 bits per heavy atom. The average Bonchev–Trinajstić information content (AvgIpc) is 1.94. The van der Waals surface area contributed by atoms with E-state index in [9.17, 15) is 0 Å². The third kappa shape index (κ3) is 4.33. The van der Waals surface area contributed by atoms with Crippen LogP contribution in [-0.4, -0.2) is 19.0 Å². The fourth-order valence-electron chi connectivity index (χ4n) is 1.66. The second kappa shape index (κ2) is 5.21. The molecule has 0 aliphatic heterocycles. The molecule has 0 aromatic rings. The number of halogens is 1. The zero-order valence-electron chi connectivity index (χ0n) is 8.91. The number of alkyl halides is 1. The highest BCUT2D eigenvalue weighted by Gasteiger charge is 2.20. The summed E-state index contributed by atoms with van der Waals surface area (Å²) in [4.78, 5) is 0. The molecule has 1 aliphatic rings. The third-order valence-electron chi connectivity index (χ3n) is 3.03. The summed E-state index contributed by atoms with van der Waals surface area (Å²) in [6.07, 6.45) is 5.41. The molecule has 0 aromatic heterocycles. The van der Waals surface area contributed by atoms with Crippen LogP contribution in [0.5, 0.6) is 0 Å². The molecule has 0 amide bonds. The Morgan fingerprint density at radius 3 is 2.54 bits per heavy atom.